The van der Waals surface area contributed by atoms with Crippen molar-refractivity contribution in [2.75, 3.05) is 5.32 Å². The fourth-order valence-electron chi connectivity index (χ4n) is 1.55. The molecule has 0 bridgehead atoms. The van der Waals surface area contributed by atoms with E-state index in [1.165, 1.54) is 23.8 Å². The van der Waals surface area contributed by atoms with Crippen molar-refractivity contribution in [2.45, 2.75) is 20.3 Å². The number of aryl methyl sites for hydroxylation is 1. The Morgan fingerprint density at radius 3 is 2.47 bits per heavy atom. The second-order valence-electron chi connectivity index (χ2n) is 4.10. The lowest BCUT2D eigenvalue weighted by Gasteiger charge is -2.02. The largest absolute Gasteiger partial charge is 0.298 e. The maximum Gasteiger partial charge on any atom is 0.257 e. The summed E-state index contributed by atoms with van der Waals surface area (Å²) >= 11 is 1.24. The lowest BCUT2D eigenvalue weighted by Crippen LogP contribution is -2.11. The molecule has 0 radical (unpaired) electrons. The van der Waals surface area contributed by atoms with Crippen molar-refractivity contribution in [3.05, 3.63) is 46.5 Å². The number of carbonyl (C=O) groups is 2. The molecule has 2 rings (SSSR count). The Balaban J connectivity index is 2.08. The van der Waals surface area contributed by atoms with Crippen LogP contribution < -0.4 is 5.32 Å². The van der Waals surface area contributed by atoms with E-state index in [0.717, 1.165) is 6.42 Å². The highest BCUT2D eigenvalue weighted by molar-refractivity contribution is 7.14. The Morgan fingerprint density at radius 2 is 1.95 bits per heavy atom. The maximum atomic E-state index is 12.0. The van der Waals surface area contributed by atoms with Gasteiger partial charge >= 0.3 is 0 Å². The normalized spacial score (nSPS) is 10.2. The number of carbonyl (C=O) groups excluding carboxylic acids is 2. The van der Waals surface area contributed by atoms with E-state index in [1.54, 1.807) is 17.5 Å². The maximum absolute atomic E-state index is 12.0. The van der Waals surface area contributed by atoms with Crippen molar-refractivity contribution in [3.63, 3.8) is 0 Å². The minimum atomic E-state index is -0.216. The van der Waals surface area contributed by atoms with Crippen molar-refractivity contribution in [2.24, 2.45) is 0 Å². The van der Waals surface area contributed by atoms with Gasteiger partial charge in [0.1, 0.15) is 5.69 Å². The summed E-state index contributed by atoms with van der Waals surface area (Å²) in [6.45, 7) is 3.51. The molecule has 1 heterocycles. The molecule has 2 aromatic rings. The van der Waals surface area contributed by atoms with Gasteiger partial charge in [-0.1, -0.05) is 19.1 Å². The van der Waals surface area contributed by atoms with Crippen molar-refractivity contribution in [1.82, 2.24) is 4.98 Å². The summed E-state index contributed by atoms with van der Waals surface area (Å²) in [7, 11) is 0. The Bertz CT molecular complexity index is 602. The van der Waals surface area contributed by atoms with Crippen molar-refractivity contribution in [1.29, 1.82) is 0 Å². The second-order valence-corrected chi connectivity index (χ2v) is 4.96. The van der Waals surface area contributed by atoms with Gasteiger partial charge < -0.3 is 0 Å². The molecule has 0 spiro atoms. The summed E-state index contributed by atoms with van der Waals surface area (Å²) in [5.41, 5.74) is 2.14. The Hall–Kier alpha value is -2.01. The van der Waals surface area contributed by atoms with Crippen molar-refractivity contribution in [3.8, 4) is 0 Å². The zero-order valence-corrected chi connectivity index (χ0v) is 11.6. The van der Waals surface area contributed by atoms with Crippen LogP contribution in [0.3, 0.4) is 0 Å². The van der Waals surface area contributed by atoms with Crippen LogP contribution in [0.4, 0.5) is 5.13 Å². The third-order valence-electron chi connectivity index (χ3n) is 2.71. The number of Topliss-reactive ketones (excluding diaryl/α,β-unsaturated/α-hetero) is 1. The van der Waals surface area contributed by atoms with Crippen LogP contribution in [0.5, 0.6) is 0 Å². The summed E-state index contributed by atoms with van der Waals surface area (Å²) in [5.74, 6) is -0.323. The van der Waals surface area contributed by atoms with Crippen LogP contribution in [0.1, 0.15) is 40.3 Å². The molecular formula is C14H14N2O2S. The number of ketones is 1. The molecule has 19 heavy (non-hydrogen) atoms. The van der Waals surface area contributed by atoms with Crippen LogP contribution in [-0.4, -0.2) is 16.7 Å². The van der Waals surface area contributed by atoms with E-state index < -0.39 is 0 Å². The lowest BCUT2D eigenvalue weighted by atomic mass is 10.1. The summed E-state index contributed by atoms with van der Waals surface area (Å²) in [6.07, 6.45) is 0.941. The monoisotopic (exact) mass is 274 g/mol. The fraction of sp³-hybridized carbons (Fsp3) is 0.214. The molecule has 0 atom stereocenters. The van der Waals surface area contributed by atoms with E-state index in [1.807, 2.05) is 12.1 Å². The predicted molar refractivity (Wildman–Crippen MR) is 75.9 cm³/mol. The third kappa shape index (κ3) is 3.26. The highest BCUT2D eigenvalue weighted by atomic mass is 32.1. The number of aromatic nitrogens is 1. The molecule has 0 unspecified atom stereocenters. The van der Waals surface area contributed by atoms with Crippen molar-refractivity contribution >= 4 is 28.2 Å². The van der Waals surface area contributed by atoms with Crippen LogP contribution in [0.15, 0.2) is 29.6 Å². The molecule has 4 nitrogen and oxygen atoms in total. The van der Waals surface area contributed by atoms with Crippen LogP contribution in [0, 0.1) is 0 Å². The zero-order chi connectivity index (χ0) is 13.8. The molecule has 0 fully saturated rings. The van der Waals surface area contributed by atoms with Gasteiger partial charge in [-0.05, 0) is 24.1 Å². The van der Waals surface area contributed by atoms with Gasteiger partial charge in [-0.3, -0.25) is 14.9 Å². The van der Waals surface area contributed by atoms with E-state index >= 15 is 0 Å². The Morgan fingerprint density at radius 1 is 1.26 bits per heavy atom. The van der Waals surface area contributed by atoms with Gasteiger partial charge in [-0.2, -0.15) is 0 Å². The van der Waals surface area contributed by atoms with Crippen LogP contribution in [0.25, 0.3) is 0 Å². The molecular weight excluding hydrogens is 260 g/mol. The first-order valence-corrected chi connectivity index (χ1v) is 6.85. The Labute approximate surface area is 115 Å². The molecule has 1 aromatic carbocycles. The summed E-state index contributed by atoms with van der Waals surface area (Å²) in [4.78, 5) is 27.1. The molecule has 0 saturated carbocycles. The molecule has 0 aliphatic heterocycles. The second kappa shape index (κ2) is 5.75. The number of nitrogens with one attached hydrogen (secondary N) is 1. The van der Waals surface area contributed by atoms with Gasteiger partial charge in [0.2, 0.25) is 0 Å². The topological polar surface area (TPSA) is 59.1 Å². The smallest absolute Gasteiger partial charge is 0.257 e. The Kier molecular flexibility index (Phi) is 4.06. The average molecular weight is 274 g/mol. The summed E-state index contributed by atoms with van der Waals surface area (Å²) in [5, 5.41) is 4.76. The quantitative estimate of drug-likeness (QED) is 0.871. The number of hydrogen-bond acceptors (Lipinski definition) is 4. The van der Waals surface area contributed by atoms with E-state index in [0.29, 0.717) is 16.4 Å². The number of nitrogens with zero attached hydrogens (tertiary/aromatic N) is 1. The lowest BCUT2D eigenvalue weighted by molar-refractivity contribution is 0.100. The number of anilines is 1. The highest BCUT2D eigenvalue weighted by Gasteiger charge is 2.10. The first-order valence-electron chi connectivity index (χ1n) is 5.97. The number of benzene rings is 1. The minimum absolute atomic E-state index is 0.107. The van der Waals surface area contributed by atoms with E-state index in [2.05, 4.69) is 17.2 Å². The predicted octanol–water partition coefficient (Wildman–Crippen LogP) is 3.16. The van der Waals surface area contributed by atoms with Crippen LogP contribution in [-0.2, 0) is 6.42 Å². The number of hydrogen-bond donors (Lipinski definition) is 1. The van der Waals surface area contributed by atoms with E-state index in [-0.39, 0.29) is 11.7 Å². The molecule has 0 aliphatic rings. The first kappa shape index (κ1) is 13.4. The molecule has 98 valence electrons. The summed E-state index contributed by atoms with van der Waals surface area (Å²) in [6, 6.07) is 7.43. The molecule has 0 aliphatic carbocycles. The van der Waals surface area contributed by atoms with Gasteiger partial charge in [0.05, 0.1) is 0 Å². The SMILES string of the molecule is CCc1ccc(C(=O)Nc2nc(C(C)=O)cs2)cc1. The number of rotatable bonds is 4. The summed E-state index contributed by atoms with van der Waals surface area (Å²) < 4.78 is 0. The average Bonchev–Trinajstić information content (AvgIpc) is 2.87. The van der Waals surface area contributed by atoms with E-state index in [4.69, 9.17) is 0 Å². The van der Waals surface area contributed by atoms with Gasteiger partial charge in [-0.25, -0.2) is 4.98 Å². The number of thiazole rings is 1. The van der Waals surface area contributed by atoms with Gasteiger partial charge in [-0.15, -0.1) is 11.3 Å². The first-order chi connectivity index (χ1) is 9.10. The standard InChI is InChI=1S/C14H14N2O2S/c1-3-10-4-6-11(7-5-10)13(18)16-14-15-12(8-19-14)9(2)17/h4-8H,3H2,1-2H3,(H,15,16,18). The molecule has 1 amide bonds. The zero-order valence-electron chi connectivity index (χ0n) is 10.8. The highest BCUT2D eigenvalue weighted by Crippen LogP contribution is 2.17. The van der Waals surface area contributed by atoms with Crippen LogP contribution in [0.2, 0.25) is 0 Å². The third-order valence-corrected chi connectivity index (χ3v) is 3.47. The van der Waals surface area contributed by atoms with Gasteiger partial charge in [0.25, 0.3) is 5.91 Å². The van der Waals surface area contributed by atoms with Gasteiger partial charge in [0, 0.05) is 17.9 Å². The molecule has 1 N–H and O–H groups in total. The fourth-order valence-corrected chi connectivity index (χ4v) is 2.30. The number of amides is 1. The van der Waals surface area contributed by atoms with E-state index in [9.17, 15) is 9.59 Å². The molecule has 5 heteroatoms. The van der Waals surface area contributed by atoms with Gasteiger partial charge in [0.15, 0.2) is 10.9 Å². The minimum Gasteiger partial charge on any atom is -0.298 e. The molecule has 0 saturated heterocycles. The van der Waals surface area contributed by atoms with Crippen LogP contribution >= 0.6 is 11.3 Å². The van der Waals surface area contributed by atoms with Crippen molar-refractivity contribution < 1.29 is 9.59 Å². The molecule has 1 aromatic heterocycles.